The summed E-state index contributed by atoms with van der Waals surface area (Å²) in [6.45, 7) is 1.84. The Labute approximate surface area is 170 Å². The second-order valence-electron chi connectivity index (χ2n) is 6.91. The van der Waals surface area contributed by atoms with Crippen LogP contribution in [-0.2, 0) is 6.42 Å². The van der Waals surface area contributed by atoms with Crippen LogP contribution in [0.5, 0.6) is 5.75 Å². The van der Waals surface area contributed by atoms with Gasteiger partial charge in [0.25, 0.3) is 0 Å². The first kappa shape index (κ1) is 17.7. The minimum Gasteiger partial charge on any atom is -0.482 e. The van der Waals surface area contributed by atoms with Crippen LogP contribution in [-0.4, -0.2) is 25.4 Å². The smallest absolute Gasteiger partial charge is 0.166 e. The molecule has 0 radical (unpaired) electrons. The zero-order valence-corrected chi connectivity index (χ0v) is 16.1. The quantitative estimate of drug-likeness (QED) is 0.401. The molecule has 1 aromatic carbocycles. The van der Waals surface area contributed by atoms with Gasteiger partial charge in [0, 0.05) is 40.4 Å². The highest BCUT2D eigenvalue weighted by Gasteiger charge is 2.24. The number of hydrogen-bond acceptors (Lipinski definition) is 5. The molecule has 9 heteroatoms. The van der Waals surface area contributed by atoms with Gasteiger partial charge in [-0.3, -0.25) is 10.2 Å². The van der Waals surface area contributed by atoms with E-state index in [1.54, 1.807) is 24.5 Å². The van der Waals surface area contributed by atoms with Gasteiger partial charge in [-0.25, -0.2) is 9.37 Å². The number of nitrogens with one attached hydrogen (secondary N) is 2. The first-order valence-corrected chi connectivity index (χ1v) is 9.36. The molecule has 0 aliphatic carbocycles. The summed E-state index contributed by atoms with van der Waals surface area (Å²) < 4.78 is 20.2. The van der Waals surface area contributed by atoms with E-state index in [1.807, 2.05) is 6.92 Å². The summed E-state index contributed by atoms with van der Waals surface area (Å²) in [4.78, 5) is 4.24. The van der Waals surface area contributed by atoms with Crippen LogP contribution in [0.4, 0.5) is 10.2 Å². The van der Waals surface area contributed by atoms with Gasteiger partial charge in [0.2, 0.25) is 0 Å². The van der Waals surface area contributed by atoms with Gasteiger partial charge in [0.05, 0.1) is 17.6 Å². The number of benzene rings is 1. The Hall–Kier alpha value is -3.39. The van der Waals surface area contributed by atoms with Crippen LogP contribution in [0.15, 0.2) is 36.7 Å². The number of nitrogens with zero attached hydrogens (tertiary/aromatic N) is 3. The molecule has 4 N–H and O–H groups in total. The van der Waals surface area contributed by atoms with Gasteiger partial charge in [-0.1, -0.05) is 11.6 Å². The highest BCUT2D eigenvalue weighted by molar-refractivity contribution is 6.30. The maximum Gasteiger partial charge on any atom is 0.166 e. The highest BCUT2D eigenvalue weighted by Crippen LogP contribution is 2.38. The lowest BCUT2D eigenvalue weighted by Gasteiger charge is -2.20. The van der Waals surface area contributed by atoms with Crippen LogP contribution in [0, 0.1) is 5.82 Å². The molecule has 29 heavy (non-hydrogen) atoms. The molecule has 4 aromatic rings. The molecule has 2 bridgehead atoms. The number of anilines is 1. The van der Waals surface area contributed by atoms with Crippen LogP contribution < -0.4 is 10.5 Å². The summed E-state index contributed by atoms with van der Waals surface area (Å²) in [7, 11) is 0. The number of ether oxygens (including phenoxy) is 1. The Morgan fingerprint density at radius 2 is 2.10 bits per heavy atom. The van der Waals surface area contributed by atoms with E-state index in [1.165, 1.54) is 12.1 Å². The fraction of sp³-hybridized carbons (Fsp3) is 0.150. The van der Waals surface area contributed by atoms with Crippen LogP contribution >= 0.6 is 11.6 Å². The third-order valence-corrected chi connectivity index (χ3v) is 5.39. The predicted molar refractivity (Wildman–Crippen MR) is 107 cm³/mol. The van der Waals surface area contributed by atoms with E-state index < -0.39 is 6.10 Å². The van der Waals surface area contributed by atoms with E-state index in [0.29, 0.717) is 34.1 Å². The number of rotatable bonds is 0. The molecule has 0 spiro atoms. The summed E-state index contributed by atoms with van der Waals surface area (Å²) in [5.74, 6) is 0.272. The molecular weight excluding hydrogens is 395 g/mol. The Morgan fingerprint density at radius 3 is 2.97 bits per heavy atom. The molecule has 0 saturated carbocycles. The number of aromatic amines is 2. The minimum atomic E-state index is -0.488. The molecule has 3 aromatic heterocycles. The van der Waals surface area contributed by atoms with E-state index in [4.69, 9.17) is 22.1 Å². The monoisotopic (exact) mass is 410 g/mol. The number of pyridine rings is 1. The number of aromatic nitrogens is 5. The number of H-pyrrole nitrogens is 2. The average molecular weight is 411 g/mol. The van der Waals surface area contributed by atoms with Gasteiger partial charge in [-0.2, -0.15) is 10.2 Å². The van der Waals surface area contributed by atoms with E-state index in [2.05, 4.69) is 25.4 Å². The van der Waals surface area contributed by atoms with Crippen molar-refractivity contribution in [2.45, 2.75) is 19.4 Å². The molecule has 0 amide bonds. The molecule has 5 rings (SSSR count). The molecule has 0 fully saturated rings. The molecule has 4 heterocycles. The van der Waals surface area contributed by atoms with Crippen LogP contribution in [0.3, 0.4) is 0 Å². The van der Waals surface area contributed by atoms with Gasteiger partial charge >= 0.3 is 0 Å². The molecule has 0 saturated heterocycles. The van der Waals surface area contributed by atoms with Gasteiger partial charge in [0.1, 0.15) is 17.1 Å². The Balaban J connectivity index is 1.80. The van der Waals surface area contributed by atoms with Crippen molar-refractivity contribution in [3.05, 3.63) is 64.3 Å². The summed E-state index contributed by atoms with van der Waals surface area (Å²) in [6, 6.07) is 6.35. The lowest BCUT2D eigenvalue weighted by atomic mass is 9.95. The van der Waals surface area contributed by atoms with E-state index in [0.717, 1.165) is 22.4 Å². The van der Waals surface area contributed by atoms with Crippen molar-refractivity contribution in [1.29, 1.82) is 0 Å². The van der Waals surface area contributed by atoms with E-state index in [-0.39, 0.29) is 11.6 Å². The zero-order valence-electron chi connectivity index (χ0n) is 15.3. The van der Waals surface area contributed by atoms with Crippen molar-refractivity contribution in [2.24, 2.45) is 0 Å². The van der Waals surface area contributed by atoms with Crippen molar-refractivity contribution in [3.8, 4) is 28.3 Å². The number of fused-ring (bicyclic) bond motifs is 7. The Bertz CT molecular complexity index is 1230. The maximum atomic E-state index is 14.1. The summed E-state index contributed by atoms with van der Waals surface area (Å²) in [6.07, 6.45) is 3.35. The van der Waals surface area contributed by atoms with Crippen molar-refractivity contribution in [1.82, 2.24) is 25.4 Å². The number of nitrogen functional groups attached to an aromatic ring is 1. The van der Waals surface area contributed by atoms with Crippen molar-refractivity contribution in [2.75, 3.05) is 5.73 Å². The van der Waals surface area contributed by atoms with Gasteiger partial charge < -0.3 is 10.5 Å². The largest absolute Gasteiger partial charge is 0.482 e. The van der Waals surface area contributed by atoms with Gasteiger partial charge in [-0.05, 0) is 31.2 Å². The van der Waals surface area contributed by atoms with Crippen molar-refractivity contribution >= 4 is 17.4 Å². The second kappa shape index (κ2) is 6.59. The Morgan fingerprint density at radius 1 is 1.24 bits per heavy atom. The average Bonchev–Trinajstić information content (AvgIpc) is 3.30. The molecule has 1 atom stereocenters. The number of halogens is 2. The predicted octanol–water partition coefficient (Wildman–Crippen LogP) is 4.28. The maximum absolute atomic E-state index is 14.1. The highest BCUT2D eigenvalue weighted by atomic mass is 35.5. The first-order valence-electron chi connectivity index (χ1n) is 8.98. The van der Waals surface area contributed by atoms with Crippen LogP contribution in [0.2, 0.25) is 5.15 Å². The fourth-order valence-electron chi connectivity index (χ4n) is 3.64. The number of nitrogens with two attached hydrogens (primary N) is 1. The fourth-order valence-corrected chi connectivity index (χ4v) is 3.84. The first-order chi connectivity index (χ1) is 14.0. The lowest BCUT2D eigenvalue weighted by Crippen LogP contribution is -2.09. The molecule has 7 nitrogen and oxygen atoms in total. The molecule has 1 aliphatic rings. The SMILES string of the molecule is C[C@H]1Oc2cc(cnc2N)-c2n[nH]c(Cl)c2Cc2cn[nH]c2-c2ccc(F)cc21. The summed E-state index contributed by atoms with van der Waals surface area (Å²) in [5, 5.41) is 14.8. The van der Waals surface area contributed by atoms with Crippen LogP contribution in [0.1, 0.15) is 29.7 Å². The molecule has 0 unspecified atom stereocenters. The third kappa shape index (κ3) is 2.92. The standard InChI is InChI=1S/C20H16ClFN6O/c1-9-14-6-12(22)2-3-13(14)17-10(8-25-26-17)4-15-18(27-28-19(15)21)11-5-16(29-9)20(23)24-7-11/h2-3,5-9H,4H2,1H3,(H2,23,24)(H,25,26)(H,27,28)/t9-/m1/s1. The minimum absolute atomic E-state index is 0.237. The lowest BCUT2D eigenvalue weighted by molar-refractivity contribution is 0.227. The Kier molecular flexibility index (Phi) is 4.02. The molecule has 1 aliphatic heterocycles. The molecule has 146 valence electrons. The topological polar surface area (TPSA) is 106 Å². The zero-order chi connectivity index (χ0) is 20.1. The normalized spacial score (nSPS) is 15.3. The molecular formula is C20H16ClFN6O. The van der Waals surface area contributed by atoms with Gasteiger partial charge in [-0.15, -0.1) is 0 Å². The van der Waals surface area contributed by atoms with E-state index in [9.17, 15) is 4.39 Å². The van der Waals surface area contributed by atoms with Crippen LogP contribution in [0.25, 0.3) is 22.5 Å². The summed E-state index contributed by atoms with van der Waals surface area (Å²) in [5.41, 5.74) is 11.3. The van der Waals surface area contributed by atoms with Crippen molar-refractivity contribution in [3.63, 3.8) is 0 Å². The van der Waals surface area contributed by atoms with E-state index >= 15 is 0 Å². The number of hydrogen-bond donors (Lipinski definition) is 3. The van der Waals surface area contributed by atoms with Crippen molar-refractivity contribution < 1.29 is 9.13 Å². The third-order valence-electron chi connectivity index (χ3n) is 5.08. The summed E-state index contributed by atoms with van der Waals surface area (Å²) >= 11 is 6.40. The van der Waals surface area contributed by atoms with Gasteiger partial charge in [0.15, 0.2) is 11.6 Å². The second-order valence-corrected chi connectivity index (χ2v) is 7.29.